The maximum absolute atomic E-state index is 12.4. The second-order valence-electron chi connectivity index (χ2n) is 5.22. The Labute approximate surface area is 114 Å². The molecule has 1 unspecified atom stereocenters. The summed E-state index contributed by atoms with van der Waals surface area (Å²) in [4.78, 5) is 18.3. The van der Waals surface area contributed by atoms with E-state index in [-0.39, 0.29) is 24.6 Å². The van der Waals surface area contributed by atoms with Crippen LogP contribution in [0.15, 0.2) is 18.7 Å². The number of amides is 1. The van der Waals surface area contributed by atoms with Crippen molar-refractivity contribution in [2.45, 2.75) is 51.1 Å². The van der Waals surface area contributed by atoms with Crippen molar-refractivity contribution in [2.24, 2.45) is 0 Å². The fourth-order valence-electron chi connectivity index (χ4n) is 2.85. The number of rotatable bonds is 6. The molecule has 1 fully saturated rings. The Morgan fingerprint density at radius 1 is 1.58 bits per heavy atom. The van der Waals surface area contributed by atoms with Gasteiger partial charge in [0.15, 0.2) is 0 Å². The van der Waals surface area contributed by atoms with Crippen LogP contribution in [0.3, 0.4) is 0 Å². The Hall–Kier alpha value is -1.36. The molecule has 0 saturated carbocycles. The number of aliphatic hydroxyl groups is 1. The average Bonchev–Trinajstić information content (AvgIpc) is 3.09. The van der Waals surface area contributed by atoms with Crippen LogP contribution in [0, 0.1) is 0 Å². The van der Waals surface area contributed by atoms with Crippen molar-refractivity contribution in [1.29, 1.82) is 0 Å². The lowest BCUT2D eigenvalue weighted by atomic mass is 10.1. The highest BCUT2D eigenvalue weighted by Crippen LogP contribution is 2.23. The second-order valence-corrected chi connectivity index (χ2v) is 5.22. The van der Waals surface area contributed by atoms with Crippen molar-refractivity contribution < 1.29 is 9.90 Å². The van der Waals surface area contributed by atoms with Crippen molar-refractivity contribution in [1.82, 2.24) is 14.5 Å². The number of aliphatic hydroxyl groups excluding tert-OH is 1. The first-order valence-electron chi connectivity index (χ1n) is 7.14. The summed E-state index contributed by atoms with van der Waals surface area (Å²) in [5.74, 6) is 0.156. The standard InChI is InChI=1S/C14H23N3O2/c1-2-4-12(16-8-6-15-11-16)9-14(19)17-7-3-5-13(17)10-18/h6,8,11-13,18H,2-5,7,9-10H2,1H3/t12?,13-/m0/s1. The van der Waals surface area contributed by atoms with Crippen LogP contribution in [-0.4, -0.2) is 44.7 Å². The van der Waals surface area contributed by atoms with Gasteiger partial charge in [-0.3, -0.25) is 4.79 Å². The molecule has 5 nitrogen and oxygen atoms in total. The zero-order valence-electron chi connectivity index (χ0n) is 11.5. The molecule has 2 rings (SSSR count). The minimum atomic E-state index is 0.0255. The van der Waals surface area contributed by atoms with Crippen molar-refractivity contribution in [3.05, 3.63) is 18.7 Å². The first-order valence-corrected chi connectivity index (χ1v) is 7.14. The highest BCUT2D eigenvalue weighted by molar-refractivity contribution is 5.77. The van der Waals surface area contributed by atoms with Crippen molar-refractivity contribution in [2.75, 3.05) is 13.2 Å². The molecule has 1 aromatic heterocycles. The largest absolute Gasteiger partial charge is 0.394 e. The van der Waals surface area contributed by atoms with Gasteiger partial charge in [0.2, 0.25) is 5.91 Å². The van der Waals surface area contributed by atoms with Crippen LogP contribution in [-0.2, 0) is 4.79 Å². The summed E-state index contributed by atoms with van der Waals surface area (Å²) in [5, 5.41) is 9.30. The molecule has 0 spiro atoms. The number of imidazole rings is 1. The van der Waals surface area contributed by atoms with Crippen LogP contribution in [0.25, 0.3) is 0 Å². The molecule has 1 aliphatic rings. The van der Waals surface area contributed by atoms with Crippen LogP contribution in [0.2, 0.25) is 0 Å². The number of carbonyl (C=O) groups excluding carboxylic acids is 1. The number of nitrogens with zero attached hydrogens (tertiary/aromatic N) is 3. The minimum absolute atomic E-state index is 0.0255. The summed E-state index contributed by atoms with van der Waals surface area (Å²) >= 11 is 0. The van der Waals surface area contributed by atoms with E-state index in [1.54, 1.807) is 12.5 Å². The maximum Gasteiger partial charge on any atom is 0.224 e. The molecule has 19 heavy (non-hydrogen) atoms. The van der Waals surface area contributed by atoms with Gasteiger partial charge in [0.25, 0.3) is 0 Å². The highest BCUT2D eigenvalue weighted by Gasteiger charge is 2.29. The van der Waals surface area contributed by atoms with Gasteiger partial charge < -0.3 is 14.6 Å². The summed E-state index contributed by atoms with van der Waals surface area (Å²) < 4.78 is 2.02. The van der Waals surface area contributed by atoms with Crippen LogP contribution >= 0.6 is 0 Å². The first-order chi connectivity index (χ1) is 9.26. The van der Waals surface area contributed by atoms with Gasteiger partial charge in [0.1, 0.15) is 0 Å². The predicted octanol–water partition coefficient (Wildman–Crippen LogP) is 1.60. The summed E-state index contributed by atoms with van der Waals surface area (Å²) in [7, 11) is 0. The maximum atomic E-state index is 12.4. The van der Waals surface area contributed by atoms with Crippen LogP contribution < -0.4 is 0 Å². The number of hydrogen-bond acceptors (Lipinski definition) is 3. The predicted molar refractivity (Wildman–Crippen MR) is 72.6 cm³/mol. The molecule has 0 bridgehead atoms. The zero-order valence-corrected chi connectivity index (χ0v) is 11.5. The lowest BCUT2D eigenvalue weighted by molar-refractivity contribution is -0.133. The Morgan fingerprint density at radius 2 is 2.42 bits per heavy atom. The van der Waals surface area contributed by atoms with Gasteiger partial charge in [-0.25, -0.2) is 4.98 Å². The molecule has 0 radical (unpaired) electrons. The molecule has 106 valence electrons. The van der Waals surface area contributed by atoms with Crippen LogP contribution in [0.1, 0.15) is 45.1 Å². The van der Waals surface area contributed by atoms with Crippen molar-refractivity contribution in [3.8, 4) is 0 Å². The summed E-state index contributed by atoms with van der Waals surface area (Å²) in [6.07, 6.45) is 9.88. The third-order valence-corrected chi connectivity index (χ3v) is 3.89. The molecule has 1 saturated heterocycles. The molecule has 1 aromatic rings. The minimum Gasteiger partial charge on any atom is -0.394 e. The van der Waals surface area contributed by atoms with Crippen LogP contribution in [0.5, 0.6) is 0 Å². The molecule has 5 heteroatoms. The monoisotopic (exact) mass is 265 g/mol. The van der Waals surface area contributed by atoms with E-state index in [2.05, 4.69) is 11.9 Å². The van der Waals surface area contributed by atoms with E-state index in [1.807, 2.05) is 15.7 Å². The van der Waals surface area contributed by atoms with E-state index >= 15 is 0 Å². The average molecular weight is 265 g/mol. The highest BCUT2D eigenvalue weighted by atomic mass is 16.3. The quantitative estimate of drug-likeness (QED) is 0.850. The van der Waals surface area contributed by atoms with Crippen molar-refractivity contribution >= 4 is 5.91 Å². The van der Waals surface area contributed by atoms with Gasteiger partial charge >= 0.3 is 0 Å². The van der Waals surface area contributed by atoms with Crippen molar-refractivity contribution in [3.63, 3.8) is 0 Å². The molecule has 0 aliphatic carbocycles. The third-order valence-electron chi connectivity index (χ3n) is 3.89. The fourth-order valence-corrected chi connectivity index (χ4v) is 2.85. The van der Waals surface area contributed by atoms with E-state index in [0.717, 1.165) is 32.2 Å². The smallest absolute Gasteiger partial charge is 0.224 e. The van der Waals surface area contributed by atoms with E-state index in [0.29, 0.717) is 6.42 Å². The number of likely N-dealkylation sites (tertiary alicyclic amines) is 1. The Balaban J connectivity index is 1.99. The van der Waals surface area contributed by atoms with Gasteiger partial charge in [-0.2, -0.15) is 0 Å². The molecule has 1 N–H and O–H groups in total. The van der Waals surface area contributed by atoms with E-state index in [4.69, 9.17) is 0 Å². The normalized spacial score (nSPS) is 20.7. The van der Waals surface area contributed by atoms with Gasteiger partial charge in [-0.05, 0) is 19.3 Å². The molecule has 2 atom stereocenters. The lowest BCUT2D eigenvalue weighted by Gasteiger charge is -2.26. The molecule has 1 amide bonds. The van der Waals surface area contributed by atoms with Gasteiger partial charge in [0.05, 0.1) is 19.0 Å². The zero-order chi connectivity index (χ0) is 13.7. The fraction of sp³-hybridized carbons (Fsp3) is 0.714. The van der Waals surface area contributed by atoms with E-state index in [1.165, 1.54) is 0 Å². The van der Waals surface area contributed by atoms with E-state index in [9.17, 15) is 9.90 Å². The Kier molecular flexibility index (Phi) is 4.96. The third kappa shape index (κ3) is 3.35. The number of hydrogen-bond donors (Lipinski definition) is 1. The van der Waals surface area contributed by atoms with E-state index < -0.39 is 0 Å². The second kappa shape index (κ2) is 6.70. The number of carbonyl (C=O) groups is 1. The molecular formula is C14H23N3O2. The molecular weight excluding hydrogens is 242 g/mol. The number of aromatic nitrogens is 2. The summed E-state index contributed by atoms with van der Waals surface area (Å²) in [6.45, 7) is 2.99. The Morgan fingerprint density at radius 3 is 3.05 bits per heavy atom. The molecule has 2 heterocycles. The van der Waals surface area contributed by atoms with Gasteiger partial charge in [-0.15, -0.1) is 0 Å². The Bertz CT molecular complexity index is 391. The van der Waals surface area contributed by atoms with Gasteiger partial charge in [-0.1, -0.05) is 13.3 Å². The van der Waals surface area contributed by atoms with Crippen LogP contribution in [0.4, 0.5) is 0 Å². The topological polar surface area (TPSA) is 58.4 Å². The SMILES string of the molecule is CCCC(CC(=O)N1CCC[C@H]1CO)n1ccnc1. The summed E-state index contributed by atoms with van der Waals surface area (Å²) in [5.41, 5.74) is 0. The van der Waals surface area contributed by atoms with Gasteiger partial charge in [0, 0.05) is 31.4 Å². The first kappa shape index (κ1) is 14.1. The molecule has 0 aromatic carbocycles. The molecule has 1 aliphatic heterocycles. The summed E-state index contributed by atoms with van der Waals surface area (Å²) in [6, 6.07) is 0.206. The lowest BCUT2D eigenvalue weighted by Crippen LogP contribution is -2.38.